The third kappa shape index (κ3) is 4.77. The molecule has 0 unspecified atom stereocenters. The monoisotopic (exact) mass is 298 g/mol. The van der Waals surface area contributed by atoms with Gasteiger partial charge in [-0.25, -0.2) is 13.1 Å². The lowest BCUT2D eigenvalue weighted by molar-refractivity contribution is 0.308. The molecule has 112 valence electrons. The van der Waals surface area contributed by atoms with E-state index in [0.717, 1.165) is 19.4 Å². The van der Waals surface area contributed by atoms with E-state index >= 15 is 0 Å². The number of sulfonamides is 1. The van der Waals surface area contributed by atoms with Crippen molar-refractivity contribution in [1.29, 1.82) is 0 Å². The molecule has 1 fully saturated rings. The summed E-state index contributed by atoms with van der Waals surface area (Å²) in [6, 6.07) is 7.09. The molecule has 2 N–H and O–H groups in total. The molecule has 0 bridgehead atoms. The van der Waals surface area contributed by atoms with Gasteiger partial charge in [-0.2, -0.15) is 0 Å². The van der Waals surface area contributed by atoms with Gasteiger partial charge in [-0.05, 0) is 37.1 Å². The Kier molecular flexibility index (Phi) is 5.01. The molecule has 0 aromatic heterocycles. The molecule has 0 aliphatic heterocycles. The normalized spacial score (nSPS) is 15.6. The molecule has 1 aromatic carbocycles. The first-order chi connectivity index (χ1) is 9.47. The predicted molar refractivity (Wildman–Crippen MR) is 78.4 cm³/mol. The average molecular weight is 298 g/mol. The Bertz CT molecular complexity index is 522. The van der Waals surface area contributed by atoms with E-state index in [4.69, 9.17) is 4.74 Å². The summed E-state index contributed by atoms with van der Waals surface area (Å²) in [6.45, 7) is 5.48. The highest BCUT2D eigenvalue weighted by molar-refractivity contribution is 7.89. The highest BCUT2D eigenvalue weighted by atomic mass is 32.2. The van der Waals surface area contributed by atoms with Crippen LogP contribution in [0.5, 0.6) is 5.75 Å². The van der Waals surface area contributed by atoms with Crippen molar-refractivity contribution in [1.82, 2.24) is 10.0 Å². The topological polar surface area (TPSA) is 67.4 Å². The van der Waals surface area contributed by atoms with Crippen molar-refractivity contribution in [2.24, 2.45) is 0 Å². The van der Waals surface area contributed by atoms with Crippen LogP contribution in [0.1, 0.15) is 26.7 Å². The maximum atomic E-state index is 12.0. The standard InChI is InChI=1S/C14H22N2O3S/c1-11(2)15-9-10-19-13-5-7-14(8-6-13)20(17,18)16-12-3-4-12/h5-8,11-12,15-16H,3-4,9-10H2,1-2H3. The Morgan fingerprint density at radius 1 is 1.25 bits per heavy atom. The first-order valence-electron chi connectivity index (χ1n) is 6.96. The van der Waals surface area contributed by atoms with Crippen LogP contribution >= 0.6 is 0 Å². The van der Waals surface area contributed by atoms with Crippen molar-refractivity contribution in [2.45, 2.75) is 43.7 Å². The summed E-state index contributed by atoms with van der Waals surface area (Å²) in [7, 11) is -3.37. The number of nitrogens with one attached hydrogen (secondary N) is 2. The molecule has 2 rings (SSSR count). The Morgan fingerprint density at radius 3 is 2.45 bits per heavy atom. The first kappa shape index (κ1) is 15.3. The number of benzene rings is 1. The van der Waals surface area contributed by atoms with Gasteiger partial charge in [-0.15, -0.1) is 0 Å². The van der Waals surface area contributed by atoms with Crippen LogP contribution in [0.2, 0.25) is 0 Å². The lowest BCUT2D eigenvalue weighted by Crippen LogP contribution is -2.27. The first-order valence-corrected chi connectivity index (χ1v) is 8.44. The van der Waals surface area contributed by atoms with E-state index in [9.17, 15) is 8.42 Å². The summed E-state index contributed by atoms with van der Waals surface area (Å²) < 4.78 is 32.1. The molecular formula is C14H22N2O3S. The van der Waals surface area contributed by atoms with E-state index < -0.39 is 10.0 Å². The Hall–Kier alpha value is -1.11. The molecular weight excluding hydrogens is 276 g/mol. The third-order valence-corrected chi connectivity index (χ3v) is 4.49. The second-order valence-corrected chi connectivity index (χ2v) is 7.04. The van der Waals surface area contributed by atoms with Gasteiger partial charge in [-0.3, -0.25) is 0 Å². The molecule has 0 radical (unpaired) electrons. The van der Waals surface area contributed by atoms with Crippen LogP contribution in [0.15, 0.2) is 29.2 Å². The van der Waals surface area contributed by atoms with Crippen LogP contribution in [0.4, 0.5) is 0 Å². The quantitative estimate of drug-likeness (QED) is 0.714. The molecule has 6 heteroatoms. The zero-order valence-electron chi connectivity index (χ0n) is 11.9. The summed E-state index contributed by atoms with van der Waals surface area (Å²) in [5.74, 6) is 0.681. The molecule has 0 atom stereocenters. The van der Waals surface area contributed by atoms with Gasteiger partial charge in [0.05, 0.1) is 4.90 Å². The fourth-order valence-electron chi connectivity index (χ4n) is 1.72. The van der Waals surface area contributed by atoms with Gasteiger partial charge < -0.3 is 10.1 Å². The number of hydrogen-bond acceptors (Lipinski definition) is 4. The highest BCUT2D eigenvalue weighted by Gasteiger charge is 2.27. The van der Waals surface area contributed by atoms with Gasteiger partial charge >= 0.3 is 0 Å². The minimum atomic E-state index is -3.37. The molecule has 1 aromatic rings. The second kappa shape index (κ2) is 6.56. The van der Waals surface area contributed by atoms with E-state index in [1.54, 1.807) is 24.3 Å². The molecule has 1 saturated carbocycles. The summed E-state index contributed by atoms with van der Waals surface area (Å²) in [5, 5.41) is 3.25. The molecule has 20 heavy (non-hydrogen) atoms. The smallest absolute Gasteiger partial charge is 0.240 e. The van der Waals surface area contributed by atoms with Gasteiger partial charge in [0.25, 0.3) is 0 Å². The van der Waals surface area contributed by atoms with E-state index in [-0.39, 0.29) is 10.9 Å². The van der Waals surface area contributed by atoms with Crippen molar-refractivity contribution < 1.29 is 13.2 Å². The summed E-state index contributed by atoms with van der Waals surface area (Å²) in [5.41, 5.74) is 0. The summed E-state index contributed by atoms with van der Waals surface area (Å²) >= 11 is 0. The van der Waals surface area contributed by atoms with Gasteiger partial charge in [0.1, 0.15) is 12.4 Å². The van der Waals surface area contributed by atoms with E-state index in [1.807, 2.05) is 0 Å². The van der Waals surface area contributed by atoms with E-state index in [2.05, 4.69) is 23.9 Å². The molecule has 5 nitrogen and oxygen atoms in total. The number of hydrogen-bond donors (Lipinski definition) is 2. The van der Waals surface area contributed by atoms with Crippen LogP contribution in [-0.2, 0) is 10.0 Å². The lowest BCUT2D eigenvalue weighted by atomic mass is 10.3. The van der Waals surface area contributed by atoms with Gasteiger partial charge in [0.15, 0.2) is 0 Å². The maximum Gasteiger partial charge on any atom is 0.240 e. The molecule has 1 aliphatic rings. The SMILES string of the molecule is CC(C)NCCOc1ccc(S(=O)(=O)NC2CC2)cc1. The van der Waals surface area contributed by atoms with Crippen molar-refractivity contribution >= 4 is 10.0 Å². The van der Waals surface area contributed by atoms with Gasteiger partial charge in [0, 0.05) is 18.6 Å². The predicted octanol–water partition coefficient (Wildman–Crippen LogP) is 1.50. The number of ether oxygens (including phenoxy) is 1. The molecule has 0 saturated heterocycles. The number of rotatable bonds is 8. The van der Waals surface area contributed by atoms with E-state index in [0.29, 0.717) is 18.4 Å². The van der Waals surface area contributed by atoms with Crippen LogP contribution in [0.25, 0.3) is 0 Å². The van der Waals surface area contributed by atoms with Crippen molar-refractivity contribution in [3.63, 3.8) is 0 Å². The fourth-order valence-corrected chi connectivity index (χ4v) is 3.03. The molecule has 0 amide bonds. The lowest BCUT2D eigenvalue weighted by Gasteiger charge is -2.10. The average Bonchev–Trinajstić information content (AvgIpc) is 3.18. The van der Waals surface area contributed by atoms with Crippen molar-refractivity contribution in [2.75, 3.05) is 13.2 Å². The van der Waals surface area contributed by atoms with Crippen LogP contribution in [0, 0.1) is 0 Å². The Labute approximate surface area is 120 Å². The Morgan fingerprint density at radius 2 is 1.90 bits per heavy atom. The summed E-state index contributed by atoms with van der Waals surface area (Å²) in [6.07, 6.45) is 1.87. The van der Waals surface area contributed by atoms with Crippen molar-refractivity contribution in [3.05, 3.63) is 24.3 Å². The zero-order valence-corrected chi connectivity index (χ0v) is 12.7. The largest absolute Gasteiger partial charge is 0.492 e. The van der Waals surface area contributed by atoms with Crippen LogP contribution in [0.3, 0.4) is 0 Å². The maximum absolute atomic E-state index is 12.0. The molecule has 0 spiro atoms. The highest BCUT2D eigenvalue weighted by Crippen LogP contribution is 2.23. The summed E-state index contributed by atoms with van der Waals surface area (Å²) in [4.78, 5) is 0.289. The minimum Gasteiger partial charge on any atom is -0.492 e. The van der Waals surface area contributed by atoms with E-state index in [1.165, 1.54) is 0 Å². The molecule has 0 heterocycles. The second-order valence-electron chi connectivity index (χ2n) is 5.32. The van der Waals surface area contributed by atoms with Crippen molar-refractivity contribution in [3.8, 4) is 5.75 Å². The van der Waals surface area contributed by atoms with Gasteiger partial charge in [0.2, 0.25) is 10.0 Å². The van der Waals surface area contributed by atoms with Crippen LogP contribution < -0.4 is 14.8 Å². The Balaban J connectivity index is 1.85. The fraction of sp³-hybridized carbons (Fsp3) is 0.571. The molecule has 1 aliphatic carbocycles. The van der Waals surface area contributed by atoms with Gasteiger partial charge in [-0.1, -0.05) is 13.8 Å². The van der Waals surface area contributed by atoms with Crippen LogP contribution in [-0.4, -0.2) is 33.7 Å². The third-order valence-electron chi connectivity index (χ3n) is 2.96. The zero-order chi connectivity index (χ0) is 14.6. The minimum absolute atomic E-state index is 0.123.